The molecule has 3 unspecified atom stereocenters. The lowest BCUT2D eigenvalue weighted by atomic mass is 10.00. The molecule has 0 heterocycles. The van der Waals surface area contributed by atoms with Gasteiger partial charge in [-0.1, -0.05) is 37.3 Å². The number of nitro benzene ring substituents is 1. The minimum absolute atomic E-state index is 0.0665. The predicted molar refractivity (Wildman–Crippen MR) is 87.9 cm³/mol. The Kier molecular flexibility index (Phi) is 3.98. The fourth-order valence-corrected chi connectivity index (χ4v) is 2.94. The molecule has 5 nitrogen and oxygen atoms in total. The summed E-state index contributed by atoms with van der Waals surface area (Å²) >= 11 is 0. The fourth-order valence-electron chi connectivity index (χ4n) is 2.94. The molecule has 0 spiro atoms. The Hall–Kier alpha value is -2.87. The molecule has 0 aromatic heterocycles. The van der Waals surface area contributed by atoms with Crippen LogP contribution in [0.5, 0.6) is 0 Å². The maximum Gasteiger partial charge on any atom is 0.270 e. The van der Waals surface area contributed by atoms with Crippen molar-refractivity contribution in [3.05, 3.63) is 69.8 Å². The van der Waals surface area contributed by atoms with Crippen molar-refractivity contribution in [1.82, 2.24) is 0 Å². The number of non-ortho nitro benzene ring substituents is 1. The first kappa shape index (κ1) is 15.0. The Bertz CT molecular complexity index is 768. The van der Waals surface area contributed by atoms with E-state index >= 15 is 0 Å². The van der Waals surface area contributed by atoms with E-state index in [0.717, 1.165) is 6.42 Å². The molecule has 3 atom stereocenters. The average Bonchev–Trinajstić information content (AvgIpc) is 3.29. The van der Waals surface area contributed by atoms with E-state index in [-0.39, 0.29) is 11.7 Å². The summed E-state index contributed by atoms with van der Waals surface area (Å²) in [5.41, 5.74) is 2.05. The third-order valence-corrected chi connectivity index (χ3v) is 4.40. The highest BCUT2D eigenvalue weighted by molar-refractivity contribution is 5.62. The third kappa shape index (κ3) is 3.16. The first-order valence-electron chi connectivity index (χ1n) is 7.60. The SMILES string of the molecule is CC1CC1C(Nc1ccc([N+](=O)[O-])cc1C#N)c1ccccc1. The number of benzene rings is 2. The van der Waals surface area contributed by atoms with Crippen LogP contribution in [-0.2, 0) is 0 Å². The van der Waals surface area contributed by atoms with E-state index in [2.05, 4.69) is 30.4 Å². The van der Waals surface area contributed by atoms with Crippen LogP contribution in [0.1, 0.15) is 30.5 Å². The van der Waals surface area contributed by atoms with E-state index in [1.807, 2.05) is 18.2 Å². The lowest BCUT2D eigenvalue weighted by molar-refractivity contribution is -0.384. The maximum absolute atomic E-state index is 10.9. The van der Waals surface area contributed by atoms with Crippen LogP contribution in [0.4, 0.5) is 11.4 Å². The molecule has 1 N–H and O–H groups in total. The van der Waals surface area contributed by atoms with Crippen molar-refractivity contribution in [3.63, 3.8) is 0 Å². The zero-order chi connectivity index (χ0) is 16.4. The average molecular weight is 307 g/mol. The van der Waals surface area contributed by atoms with E-state index in [9.17, 15) is 15.4 Å². The molecule has 5 heteroatoms. The van der Waals surface area contributed by atoms with Crippen molar-refractivity contribution >= 4 is 11.4 Å². The van der Waals surface area contributed by atoms with Crippen molar-refractivity contribution < 1.29 is 4.92 Å². The Morgan fingerprint density at radius 2 is 2.00 bits per heavy atom. The van der Waals surface area contributed by atoms with Gasteiger partial charge in [0.25, 0.3) is 5.69 Å². The molecule has 1 saturated carbocycles. The summed E-state index contributed by atoms with van der Waals surface area (Å²) in [7, 11) is 0. The van der Waals surface area contributed by atoms with Crippen LogP contribution < -0.4 is 5.32 Å². The van der Waals surface area contributed by atoms with E-state index in [1.165, 1.54) is 17.7 Å². The van der Waals surface area contributed by atoms with Crippen LogP contribution >= 0.6 is 0 Å². The van der Waals surface area contributed by atoms with Gasteiger partial charge in [-0.25, -0.2) is 0 Å². The van der Waals surface area contributed by atoms with Crippen LogP contribution in [0, 0.1) is 33.3 Å². The molecule has 0 saturated heterocycles. The minimum Gasteiger partial charge on any atom is -0.377 e. The molecule has 2 aromatic carbocycles. The highest BCUT2D eigenvalue weighted by Gasteiger charge is 2.40. The number of nitro groups is 1. The van der Waals surface area contributed by atoms with Crippen LogP contribution in [0.15, 0.2) is 48.5 Å². The van der Waals surface area contributed by atoms with E-state index in [1.54, 1.807) is 6.07 Å². The van der Waals surface area contributed by atoms with Crippen molar-refractivity contribution in [2.45, 2.75) is 19.4 Å². The normalized spacial score (nSPS) is 20.3. The maximum atomic E-state index is 10.9. The standard InChI is InChI=1S/C18H17N3O2/c1-12-9-16(12)18(13-5-3-2-4-6-13)20-17-8-7-15(21(22)23)10-14(17)11-19/h2-8,10,12,16,18,20H,9H2,1H3. The Morgan fingerprint density at radius 3 is 2.57 bits per heavy atom. The van der Waals surface area contributed by atoms with Crippen molar-refractivity contribution in [2.75, 3.05) is 5.32 Å². The Balaban J connectivity index is 1.92. The molecule has 1 aliphatic carbocycles. The number of nitrogens with one attached hydrogen (secondary N) is 1. The van der Waals surface area contributed by atoms with Gasteiger partial charge in [0.15, 0.2) is 0 Å². The molecular formula is C18H17N3O2. The highest BCUT2D eigenvalue weighted by Crippen LogP contribution is 2.48. The lowest BCUT2D eigenvalue weighted by Gasteiger charge is -2.21. The molecule has 3 rings (SSSR count). The number of hydrogen-bond acceptors (Lipinski definition) is 4. The van der Waals surface area contributed by atoms with Gasteiger partial charge in [0.05, 0.1) is 22.2 Å². The third-order valence-electron chi connectivity index (χ3n) is 4.40. The Labute approximate surface area is 134 Å². The molecule has 0 amide bonds. The summed E-state index contributed by atoms with van der Waals surface area (Å²) in [4.78, 5) is 10.4. The number of rotatable bonds is 5. The monoisotopic (exact) mass is 307 g/mol. The van der Waals surface area contributed by atoms with Gasteiger partial charge >= 0.3 is 0 Å². The second-order valence-corrected chi connectivity index (χ2v) is 6.01. The molecule has 1 aliphatic rings. The number of anilines is 1. The first-order valence-corrected chi connectivity index (χ1v) is 7.60. The number of nitrogens with zero attached hydrogens (tertiary/aromatic N) is 2. The number of hydrogen-bond donors (Lipinski definition) is 1. The van der Waals surface area contributed by atoms with Gasteiger partial charge in [-0.05, 0) is 29.9 Å². The summed E-state index contributed by atoms with van der Waals surface area (Å²) in [5, 5.41) is 23.6. The summed E-state index contributed by atoms with van der Waals surface area (Å²) in [6, 6.07) is 16.7. The van der Waals surface area contributed by atoms with Gasteiger partial charge in [-0.15, -0.1) is 0 Å². The molecule has 0 radical (unpaired) electrons. The molecule has 2 aromatic rings. The van der Waals surface area contributed by atoms with Gasteiger partial charge in [0, 0.05) is 12.1 Å². The fraction of sp³-hybridized carbons (Fsp3) is 0.278. The summed E-state index contributed by atoms with van der Waals surface area (Å²) < 4.78 is 0. The van der Waals surface area contributed by atoms with Crippen molar-refractivity contribution in [3.8, 4) is 6.07 Å². The van der Waals surface area contributed by atoms with Gasteiger partial charge < -0.3 is 5.32 Å². The molecule has 0 aliphatic heterocycles. The van der Waals surface area contributed by atoms with Gasteiger partial charge in [0.2, 0.25) is 0 Å². The lowest BCUT2D eigenvalue weighted by Crippen LogP contribution is -2.14. The van der Waals surface area contributed by atoms with Gasteiger partial charge in [0.1, 0.15) is 6.07 Å². The summed E-state index contributed by atoms with van der Waals surface area (Å²) in [6.45, 7) is 2.21. The van der Waals surface area contributed by atoms with E-state index < -0.39 is 4.92 Å². The van der Waals surface area contributed by atoms with E-state index in [0.29, 0.717) is 23.1 Å². The van der Waals surface area contributed by atoms with Crippen LogP contribution in [0.2, 0.25) is 0 Å². The molecule has 116 valence electrons. The second-order valence-electron chi connectivity index (χ2n) is 6.01. The zero-order valence-electron chi connectivity index (χ0n) is 12.8. The zero-order valence-corrected chi connectivity index (χ0v) is 12.8. The van der Waals surface area contributed by atoms with Crippen LogP contribution in [-0.4, -0.2) is 4.92 Å². The molecule has 1 fully saturated rings. The minimum atomic E-state index is -0.484. The Morgan fingerprint density at radius 1 is 1.30 bits per heavy atom. The summed E-state index contributed by atoms with van der Waals surface area (Å²) in [6.07, 6.45) is 1.14. The second kappa shape index (κ2) is 6.09. The van der Waals surface area contributed by atoms with Gasteiger partial charge in [-0.3, -0.25) is 10.1 Å². The molecule has 23 heavy (non-hydrogen) atoms. The summed E-state index contributed by atoms with van der Waals surface area (Å²) in [5.74, 6) is 1.15. The quantitative estimate of drug-likeness (QED) is 0.660. The molecule has 0 bridgehead atoms. The number of nitriles is 1. The largest absolute Gasteiger partial charge is 0.377 e. The first-order chi connectivity index (χ1) is 11.1. The predicted octanol–water partition coefficient (Wildman–Crippen LogP) is 4.28. The van der Waals surface area contributed by atoms with Crippen LogP contribution in [0.3, 0.4) is 0 Å². The van der Waals surface area contributed by atoms with Crippen LogP contribution in [0.25, 0.3) is 0 Å². The molecular weight excluding hydrogens is 290 g/mol. The van der Waals surface area contributed by atoms with Crippen molar-refractivity contribution in [2.24, 2.45) is 11.8 Å². The van der Waals surface area contributed by atoms with Crippen molar-refractivity contribution in [1.29, 1.82) is 5.26 Å². The highest BCUT2D eigenvalue weighted by atomic mass is 16.6. The topological polar surface area (TPSA) is 79.0 Å². The smallest absolute Gasteiger partial charge is 0.270 e. The van der Waals surface area contributed by atoms with Gasteiger partial charge in [-0.2, -0.15) is 5.26 Å². The van der Waals surface area contributed by atoms with E-state index in [4.69, 9.17) is 0 Å².